The smallest absolute Gasteiger partial charge is 0.328 e. The lowest BCUT2D eigenvalue weighted by molar-refractivity contribution is -0.141. The largest absolute Gasteiger partial charge is 0.507 e. The highest BCUT2D eigenvalue weighted by Gasteiger charge is 2.31. The van der Waals surface area contributed by atoms with Crippen molar-refractivity contribution in [2.24, 2.45) is 20.8 Å². The molecule has 4 rings (SSSR count). The summed E-state index contributed by atoms with van der Waals surface area (Å²) in [5, 5.41) is 45.7. The molecule has 0 fully saturated rings. The topological polar surface area (TPSA) is 140 Å². The van der Waals surface area contributed by atoms with Crippen LogP contribution in [-0.2, 0) is 9.59 Å². The summed E-state index contributed by atoms with van der Waals surface area (Å²) < 4.78 is 0. The van der Waals surface area contributed by atoms with Crippen LogP contribution in [0.4, 0.5) is 0 Å². The number of carboxylic acids is 2. The van der Waals surface area contributed by atoms with Crippen LogP contribution < -0.4 is 0 Å². The second-order valence-corrected chi connectivity index (χ2v) is 12.6. The van der Waals surface area contributed by atoms with Crippen molar-refractivity contribution in [3.05, 3.63) is 71.8 Å². The number of hydrogen-bond donors (Lipinski definition) is 4. The molecule has 4 aromatic rings. The third-order valence-electron chi connectivity index (χ3n) is 7.19. The molecule has 0 saturated heterocycles. The molecule has 0 radical (unpaired) electrons. The summed E-state index contributed by atoms with van der Waals surface area (Å²) >= 11 is 0. The Labute approximate surface area is 244 Å². The molecule has 0 aliphatic carbocycles. The fraction of sp³-hybridized carbons (Fsp3) is 0.294. The van der Waals surface area contributed by atoms with Crippen LogP contribution >= 0.6 is 0 Å². The van der Waals surface area contributed by atoms with E-state index >= 15 is 0 Å². The standard InChI is InChI=1S/C34H36N2O6/c1-33(2,3)29(31(39)40)35-17-21-15-19-11-7-9-13-23(19)25(27(21)37)26-24-14-10-8-12-20(24)16-22(28(26)38)18-36-30(32(41)42)34(4,5)6/h7-18,29-30,37-38H,1-6H3,(H,39,40)(H,41,42)/t29-,30-/m1/s1. The van der Waals surface area contributed by atoms with Crippen molar-refractivity contribution in [2.45, 2.75) is 53.6 Å². The predicted molar refractivity (Wildman–Crippen MR) is 167 cm³/mol. The first-order valence-electron chi connectivity index (χ1n) is 13.6. The molecule has 0 aromatic heterocycles. The van der Waals surface area contributed by atoms with E-state index in [2.05, 4.69) is 9.98 Å². The van der Waals surface area contributed by atoms with Crippen LogP contribution in [0.2, 0.25) is 0 Å². The van der Waals surface area contributed by atoms with Crippen molar-refractivity contribution in [3.8, 4) is 22.6 Å². The van der Waals surface area contributed by atoms with Gasteiger partial charge in [0.15, 0.2) is 12.1 Å². The number of phenols is 2. The summed E-state index contributed by atoms with van der Waals surface area (Å²) in [7, 11) is 0. The molecule has 0 aliphatic heterocycles. The number of carbonyl (C=O) groups is 2. The van der Waals surface area contributed by atoms with Gasteiger partial charge < -0.3 is 20.4 Å². The van der Waals surface area contributed by atoms with Crippen molar-refractivity contribution in [1.29, 1.82) is 0 Å². The molecular formula is C34H36N2O6. The molecule has 0 unspecified atom stereocenters. The molecule has 0 spiro atoms. The Hall–Kier alpha value is -4.72. The maximum Gasteiger partial charge on any atom is 0.328 e. The lowest BCUT2D eigenvalue weighted by Crippen LogP contribution is -2.32. The van der Waals surface area contributed by atoms with Crippen LogP contribution in [-0.4, -0.2) is 56.9 Å². The first-order chi connectivity index (χ1) is 19.6. The van der Waals surface area contributed by atoms with Gasteiger partial charge in [0.25, 0.3) is 0 Å². The summed E-state index contributed by atoms with van der Waals surface area (Å²) in [6, 6.07) is 16.1. The van der Waals surface area contributed by atoms with Gasteiger partial charge in [0.1, 0.15) is 11.5 Å². The summed E-state index contributed by atoms with van der Waals surface area (Å²) in [6.07, 6.45) is 2.72. The van der Waals surface area contributed by atoms with Gasteiger partial charge in [0.2, 0.25) is 0 Å². The highest BCUT2D eigenvalue weighted by atomic mass is 16.4. The molecule has 0 amide bonds. The van der Waals surface area contributed by atoms with E-state index in [1.54, 1.807) is 53.7 Å². The lowest BCUT2D eigenvalue weighted by atomic mass is 9.87. The fourth-order valence-corrected chi connectivity index (χ4v) is 5.04. The van der Waals surface area contributed by atoms with Crippen molar-refractivity contribution in [1.82, 2.24) is 0 Å². The van der Waals surface area contributed by atoms with Gasteiger partial charge in [-0.15, -0.1) is 0 Å². The first-order valence-corrected chi connectivity index (χ1v) is 13.6. The van der Waals surface area contributed by atoms with Crippen LogP contribution in [0.25, 0.3) is 32.7 Å². The molecular weight excluding hydrogens is 532 g/mol. The monoisotopic (exact) mass is 568 g/mol. The molecule has 0 bridgehead atoms. The summed E-state index contributed by atoms with van der Waals surface area (Å²) in [6.45, 7) is 10.7. The van der Waals surface area contributed by atoms with Crippen molar-refractivity contribution in [3.63, 3.8) is 0 Å². The molecule has 8 nitrogen and oxygen atoms in total. The van der Waals surface area contributed by atoms with Crippen LogP contribution in [0.15, 0.2) is 70.6 Å². The minimum Gasteiger partial charge on any atom is -0.507 e. The normalized spacial score (nSPS) is 14.1. The van der Waals surface area contributed by atoms with Crippen molar-refractivity contribution < 1.29 is 30.0 Å². The van der Waals surface area contributed by atoms with Gasteiger partial charge >= 0.3 is 11.9 Å². The SMILES string of the molecule is CC(C)(C)[C@H](N=Cc1cc2ccccc2c(-c2c(O)c(C=N[C@H](C(=O)O)C(C)(C)C)cc3ccccc23)c1O)C(=O)O. The molecule has 42 heavy (non-hydrogen) atoms. The molecule has 4 N–H and O–H groups in total. The zero-order chi connectivity index (χ0) is 31.0. The quantitative estimate of drug-likeness (QED) is 0.179. The van der Waals surface area contributed by atoms with Crippen molar-refractivity contribution >= 4 is 45.9 Å². The fourth-order valence-electron chi connectivity index (χ4n) is 5.04. The highest BCUT2D eigenvalue weighted by Crippen LogP contribution is 2.47. The van der Waals surface area contributed by atoms with E-state index in [1.165, 1.54) is 12.4 Å². The van der Waals surface area contributed by atoms with Gasteiger partial charge in [-0.05, 0) is 44.5 Å². The third kappa shape index (κ3) is 5.98. The van der Waals surface area contributed by atoms with Crippen molar-refractivity contribution in [2.75, 3.05) is 0 Å². The summed E-state index contributed by atoms with van der Waals surface area (Å²) in [4.78, 5) is 32.5. The highest BCUT2D eigenvalue weighted by molar-refractivity contribution is 6.14. The molecule has 0 aliphatic rings. The number of hydrogen-bond acceptors (Lipinski definition) is 6. The number of benzene rings is 4. The van der Waals surface area contributed by atoms with Crippen LogP contribution in [0, 0.1) is 10.8 Å². The van der Waals surface area contributed by atoms with Gasteiger partial charge in [0.05, 0.1) is 0 Å². The average Bonchev–Trinajstić information content (AvgIpc) is 2.88. The number of fused-ring (bicyclic) bond motifs is 2. The molecule has 0 saturated carbocycles. The van der Waals surface area contributed by atoms with E-state index in [1.807, 2.05) is 48.5 Å². The first kappa shape index (κ1) is 30.2. The van der Waals surface area contributed by atoms with E-state index < -0.39 is 34.9 Å². The maximum absolute atomic E-state index is 11.9. The number of aliphatic imine (C=N–C) groups is 2. The predicted octanol–water partition coefficient (Wildman–Crippen LogP) is 6.91. The van der Waals surface area contributed by atoms with Gasteiger partial charge in [-0.3, -0.25) is 9.98 Å². The third-order valence-corrected chi connectivity index (χ3v) is 7.19. The van der Waals surface area contributed by atoms with E-state index in [0.29, 0.717) is 33.0 Å². The average molecular weight is 569 g/mol. The Morgan fingerprint density at radius 3 is 1.29 bits per heavy atom. The zero-order valence-electron chi connectivity index (χ0n) is 24.6. The van der Waals surface area contributed by atoms with Crippen LogP contribution in [0.5, 0.6) is 11.5 Å². The lowest BCUT2D eigenvalue weighted by Gasteiger charge is -2.23. The summed E-state index contributed by atoms with van der Waals surface area (Å²) in [5.41, 5.74) is -0.0688. The van der Waals surface area contributed by atoms with Crippen LogP contribution in [0.3, 0.4) is 0 Å². The zero-order valence-corrected chi connectivity index (χ0v) is 24.6. The number of aromatic hydroxyl groups is 2. The Kier molecular flexibility index (Phi) is 8.12. The summed E-state index contributed by atoms with van der Waals surface area (Å²) in [5.74, 6) is -2.51. The second kappa shape index (κ2) is 11.3. The Morgan fingerprint density at radius 1 is 0.643 bits per heavy atom. The number of carboxylic acid groups (broad SMARTS) is 2. The Morgan fingerprint density at radius 2 is 0.976 bits per heavy atom. The maximum atomic E-state index is 11.9. The number of phenolic OH excluding ortho intramolecular Hbond substituents is 2. The van der Waals surface area contributed by atoms with Gasteiger partial charge in [-0.25, -0.2) is 9.59 Å². The number of aliphatic carboxylic acids is 2. The van der Waals surface area contributed by atoms with E-state index in [0.717, 1.165) is 10.8 Å². The Balaban J connectivity index is 2.03. The number of nitrogens with zero attached hydrogens (tertiary/aromatic N) is 2. The van der Waals surface area contributed by atoms with Crippen LogP contribution in [0.1, 0.15) is 52.7 Å². The molecule has 4 aromatic carbocycles. The second-order valence-electron chi connectivity index (χ2n) is 12.6. The molecule has 0 heterocycles. The van der Waals surface area contributed by atoms with E-state index in [9.17, 15) is 30.0 Å². The molecule has 8 heteroatoms. The van der Waals surface area contributed by atoms with Gasteiger partial charge in [0, 0.05) is 34.7 Å². The number of rotatable bonds is 7. The van der Waals surface area contributed by atoms with Gasteiger partial charge in [-0.2, -0.15) is 0 Å². The van der Waals surface area contributed by atoms with E-state index in [4.69, 9.17) is 0 Å². The molecule has 218 valence electrons. The molecule has 2 atom stereocenters. The van der Waals surface area contributed by atoms with E-state index in [-0.39, 0.29) is 11.5 Å². The minimum absolute atomic E-state index is 0.178. The minimum atomic E-state index is -1.08. The van der Waals surface area contributed by atoms with Gasteiger partial charge in [-0.1, -0.05) is 90.1 Å². The Bertz CT molecular complexity index is 1610.